The lowest BCUT2D eigenvalue weighted by molar-refractivity contribution is 0.104. The van der Waals surface area contributed by atoms with Crippen LogP contribution in [-0.2, 0) is 0 Å². The van der Waals surface area contributed by atoms with Crippen molar-refractivity contribution in [1.82, 2.24) is 4.98 Å². The number of allylic oxidation sites excluding steroid dienone is 1. The number of hydrogen-bond acceptors (Lipinski definition) is 3. The third kappa shape index (κ3) is 3.19. The van der Waals surface area contributed by atoms with Crippen LogP contribution >= 0.6 is 34.5 Å². The summed E-state index contributed by atoms with van der Waals surface area (Å²) < 4.78 is 0.363. The zero-order chi connectivity index (χ0) is 13.1. The van der Waals surface area contributed by atoms with E-state index in [1.54, 1.807) is 18.2 Å². The molecule has 92 valence electrons. The van der Waals surface area contributed by atoms with E-state index in [0.717, 1.165) is 5.56 Å². The molecule has 0 N–H and O–H groups in total. The van der Waals surface area contributed by atoms with Crippen molar-refractivity contribution >= 4 is 46.4 Å². The zero-order valence-corrected chi connectivity index (χ0v) is 11.8. The Morgan fingerprint density at radius 3 is 2.50 bits per heavy atom. The van der Waals surface area contributed by atoms with Crippen molar-refractivity contribution in [1.29, 1.82) is 0 Å². The number of thiazole rings is 1. The second-order valence-corrected chi connectivity index (χ2v) is 5.66. The summed E-state index contributed by atoms with van der Waals surface area (Å²) in [5, 5.41) is 0.318. The van der Waals surface area contributed by atoms with E-state index in [1.165, 1.54) is 17.4 Å². The van der Waals surface area contributed by atoms with Crippen LogP contribution in [0.2, 0.25) is 9.62 Å². The Bertz CT molecular complexity index is 602. The van der Waals surface area contributed by atoms with Crippen molar-refractivity contribution in [2.24, 2.45) is 0 Å². The standard InChI is InChI=1S/C13H9Cl2NOS/c1-8-2-4-9(5-3-8)10(17)6-7-11-12(14)16-13(15)18-11/h2-7H,1H3/b7-6+. The first kappa shape index (κ1) is 13.3. The number of ketones is 1. The molecule has 0 atom stereocenters. The Balaban J connectivity index is 2.16. The lowest BCUT2D eigenvalue weighted by atomic mass is 10.1. The smallest absolute Gasteiger partial charge is 0.185 e. The Morgan fingerprint density at radius 2 is 1.94 bits per heavy atom. The second-order valence-electron chi connectivity index (χ2n) is 3.69. The van der Waals surface area contributed by atoms with Crippen LogP contribution in [0, 0.1) is 6.92 Å². The molecular formula is C13H9Cl2NOS. The molecule has 0 aliphatic rings. The molecule has 0 saturated heterocycles. The Hall–Kier alpha value is -1.16. The fourth-order valence-corrected chi connectivity index (χ4v) is 2.63. The van der Waals surface area contributed by atoms with Gasteiger partial charge < -0.3 is 0 Å². The maximum absolute atomic E-state index is 11.9. The molecule has 0 aliphatic heterocycles. The maximum atomic E-state index is 11.9. The minimum Gasteiger partial charge on any atom is -0.289 e. The number of benzene rings is 1. The highest BCUT2D eigenvalue weighted by molar-refractivity contribution is 7.17. The number of aromatic nitrogens is 1. The summed E-state index contributed by atoms with van der Waals surface area (Å²) in [5.41, 5.74) is 1.76. The van der Waals surface area contributed by atoms with Crippen LogP contribution < -0.4 is 0 Å². The molecule has 2 aromatic rings. The van der Waals surface area contributed by atoms with E-state index < -0.39 is 0 Å². The van der Waals surface area contributed by atoms with Crippen LogP contribution in [0.5, 0.6) is 0 Å². The van der Waals surface area contributed by atoms with Gasteiger partial charge >= 0.3 is 0 Å². The van der Waals surface area contributed by atoms with Crippen molar-refractivity contribution in [3.8, 4) is 0 Å². The molecule has 2 nitrogen and oxygen atoms in total. The van der Waals surface area contributed by atoms with Gasteiger partial charge in [-0.3, -0.25) is 4.79 Å². The van der Waals surface area contributed by atoms with Crippen molar-refractivity contribution in [3.63, 3.8) is 0 Å². The van der Waals surface area contributed by atoms with Crippen LogP contribution in [-0.4, -0.2) is 10.8 Å². The molecule has 0 spiro atoms. The van der Waals surface area contributed by atoms with E-state index in [-0.39, 0.29) is 5.78 Å². The normalized spacial score (nSPS) is 11.1. The van der Waals surface area contributed by atoms with Gasteiger partial charge in [-0.05, 0) is 19.1 Å². The van der Waals surface area contributed by atoms with Gasteiger partial charge in [-0.15, -0.1) is 11.3 Å². The summed E-state index contributed by atoms with van der Waals surface area (Å²) in [6, 6.07) is 7.39. The molecule has 0 aliphatic carbocycles. The number of carbonyl (C=O) groups is 1. The van der Waals surface area contributed by atoms with Gasteiger partial charge in [0.1, 0.15) is 5.15 Å². The van der Waals surface area contributed by atoms with Crippen LogP contribution in [0.15, 0.2) is 30.3 Å². The SMILES string of the molecule is Cc1ccc(C(=O)/C=C/c2sc(Cl)nc2Cl)cc1. The Kier molecular flexibility index (Phi) is 4.17. The monoisotopic (exact) mass is 297 g/mol. The highest BCUT2D eigenvalue weighted by Crippen LogP contribution is 2.27. The fraction of sp³-hybridized carbons (Fsp3) is 0.0769. The highest BCUT2D eigenvalue weighted by Gasteiger charge is 2.06. The maximum Gasteiger partial charge on any atom is 0.185 e. The molecule has 18 heavy (non-hydrogen) atoms. The molecule has 0 radical (unpaired) electrons. The molecule has 2 rings (SSSR count). The highest BCUT2D eigenvalue weighted by atomic mass is 35.5. The first-order valence-corrected chi connectivity index (χ1v) is 6.74. The number of aryl methyl sites for hydroxylation is 1. The van der Waals surface area contributed by atoms with Gasteiger partial charge in [0.15, 0.2) is 10.3 Å². The van der Waals surface area contributed by atoms with Gasteiger partial charge in [0.05, 0.1) is 4.88 Å². The third-order valence-corrected chi connectivity index (χ3v) is 3.83. The first-order valence-electron chi connectivity index (χ1n) is 5.17. The Morgan fingerprint density at radius 1 is 1.28 bits per heavy atom. The molecule has 1 aromatic carbocycles. The number of rotatable bonds is 3. The quantitative estimate of drug-likeness (QED) is 0.609. The van der Waals surface area contributed by atoms with Gasteiger partial charge in [0.2, 0.25) is 0 Å². The second kappa shape index (κ2) is 5.65. The van der Waals surface area contributed by atoms with Crippen LogP contribution in [0.25, 0.3) is 6.08 Å². The summed E-state index contributed by atoms with van der Waals surface area (Å²) in [4.78, 5) is 16.4. The van der Waals surface area contributed by atoms with Crippen molar-refractivity contribution in [2.75, 3.05) is 0 Å². The topological polar surface area (TPSA) is 30.0 Å². The molecule has 1 aromatic heterocycles. The van der Waals surface area contributed by atoms with Gasteiger partial charge in [-0.1, -0.05) is 53.0 Å². The van der Waals surface area contributed by atoms with Gasteiger partial charge in [-0.2, -0.15) is 0 Å². The summed E-state index contributed by atoms with van der Waals surface area (Å²) in [7, 11) is 0. The van der Waals surface area contributed by atoms with Crippen LogP contribution in [0.4, 0.5) is 0 Å². The van der Waals surface area contributed by atoms with E-state index >= 15 is 0 Å². The average molecular weight is 298 g/mol. The lowest BCUT2D eigenvalue weighted by Crippen LogP contribution is -1.93. The molecule has 0 amide bonds. The van der Waals surface area contributed by atoms with Crippen molar-refractivity contribution < 1.29 is 4.79 Å². The summed E-state index contributed by atoms with van der Waals surface area (Å²) >= 11 is 12.8. The zero-order valence-electron chi connectivity index (χ0n) is 9.48. The molecule has 5 heteroatoms. The van der Waals surface area contributed by atoms with Crippen LogP contribution in [0.3, 0.4) is 0 Å². The van der Waals surface area contributed by atoms with E-state index in [9.17, 15) is 4.79 Å². The summed E-state index contributed by atoms with van der Waals surface area (Å²) in [5.74, 6) is -0.0735. The molecule has 0 unspecified atom stereocenters. The molecule has 0 saturated carbocycles. The number of hydrogen-bond donors (Lipinski definition) is 0. The molecular weight excluding hydrogens is 289 g/mol. The predicted octanol–water partition coefficient (Wildman–Crippen LogP) is 4.65. The van der Waals surface area contributed by atoms with Gasteiger partial charge in [-0.25, -0.2) is 4.98 Å². The number of carbonyl (C=O) groups excluding carboxylic acids is 1. The van der Waals surface area contributed by atoms with Crippen LogP contribution in [0.1, 0.15) is 20.8 Å². The fourth-order valence-electron chi connectivity index (χ4n) is 1.36. The van der Waals surface area contributed by atoms with E-state index in [1.807, 2.05) is 19.1 Å². The lowest BCUT2D eigenvalue weighted by Gasteiger charge is -1.96. The van der Waals surface area contributed by atoms with Crippen molar-refractivity contribution in [3.05, 3.63) is 56.0 Å². The van der Waals surface area contributed by atoms with E-state index in [2.05, 4.69) is 4.98 Å². The van der Waals surface area contributed by atoms with Crippen molar-refractivity contribution in [2.45, 2.75) is 6.92 Å². The molecule has 1 heterocycles. The summed E-state index contributed by atoms with van der Waals surface area (Å²) in [6.45, 7) is 1.98. The van der Waals surface area contributed by atoms with E-state index in [0.29, 0.717) is 20.1 Å². The third-order valence-electron chi connectivity index (χ3n) is 2.31. The minimum atomic E-state index is -0.0735. The largest absolute Gasteiger partial charge is 0.289 e. The molecule has 0 fully saturated rings. The predicted molar refractivity (Wildman–Crippen MR) is 76.7 cm³/mol. The van der Waals surface area contributed by atoms with E-state index in [4.69, 9.17) is 23.2 Å². The van der Waals surface area contributed by atoms with Gasteiger partial charge in [0.25, 0.3) is 0 Å². The first-order chi connectivity index (χ1) is 8.56. The number of nitrogens with zero attached hydrogens (tertiary/aromatic N) is 1. The minimum absolute atomic E-state index is 0.0735. The number of halogens is 2. The molecule has 0 bridgehead atoms. The average Bonchev–Trinajstić information content (AvgIpc) is 2.66. The van der Waals surface area contributed by atoms with Gasteiger partial charge in [0, 0.05) is 5.56 Å². The summed E-state index contributed by atoms with van der Waals surface area (Å²) in [6.07, 6.45) is 3.11. The Labute approximate surface area is 119 Å².